The molecule has 2 heterocycles. The molecule has 1 saturated heterocycles. The van der Waals surface area contributed by atoms with Gasteiger partial charge in [0.1, 0.15) is 5.75 Å². The molecule has 180 valence electrons. The lowest BCUT2D eigenvalue weighted by molar-refractivity contribution is 0.0964. The fraction of sp³-hybridized carbons (Fsp3) is 0.407. The Labute approximate surface area is 200 Å². The zero-order valence-electron chi connectivity index (χ0n) is 20.3. The van der Waals surface area contributed by atoms with E-state index in [4.69, 9.17) is 4.74 Å². The lowest BCUT2D eigenvalue weighted by atomic mass is 10.0. The molecule has 0 aliphatic carbocycles. The van der Waals surface area contributed by atoms with Crippen LogP contribution in [0.1, 0.15) is 34.3 Å². The van der Waals surface area contributed by atoms with Crippen LogP contribution in [0, 0.1) is 6.92 Å². The molecule has 1 aromatic heterocycles. The highest BCUT2D eigenvalue weighted by Gasteiger charge is 2.20. The Morgan fingerprint density at radius 3 is 2.47 bits per heavy atom. The molecule has 0 spiro atoms. The van der Waals surface area contributed by atoms with Crippen LogP contribution in [0.4, 0.5) is 0 Å². The van der Waals surface area contributed by atoms with Gasteiger partial charge in [0.05, 0.1) is 18.2 Å². The zero-order valence-corrected chi connectivity index (χ0v) is 20.3. The number of likely N-dealkylation sites (tertiary alicyclic amines) is 1. The van der Waals surface area contributed by atoms with Crippen LogP contribution in [0.5, 0.6) is 5.75 Å². The van der Waals surface area contributed by atoms with Gasteiger partial charge >= 0.3 is 0 Å². The van der Waals surface area contributed by atoms with E-state index in [1.54, 1.807) is 18.7 Å². The molecule has 4 rings (SSSR count). The van der Waals surface area contributed by atoms with Crippen LogP contribution in [0.25, 0.3) is 10.9 Å². The number of nitrogens with zero attached hydrogens (tertiary/aromatic N) is 2. The van der Waals surface area contributed by atoms with Gasteiger partial charge in [0.15, 0.2) is 0 Å². The van der Waals surface area contributed by atoms with Crippen molar-refractivity contribution in [1.82, 2.24) is 20.1 Å². The Kier molecular flexibility index (Phi) is 7.65. The minimum absolute atomic E-state index is 0.172. The Bertz CT molecular complexity index is 1190. The Morgan fingerprint density at radius 2 is 1.79 bits per heavy atom. The predicted molar refractivity (Wildman–Crippen MR) is 136 cm³/mol. The summed E-state index contributed by atoms with van der Waals surface area (Å²) in [5.74, 6) is 0.398. The number of aryl methyl sites for hydroxylation is 1. The van der Waals surface area contributed by atoms with Crippen LogP contribution in [-0.2, 0) is 13.1 Å². The summed E-state index contributed by atoms with van der Waals surface area (Å²) in [6, 6.07) is 16.1. The lowest BCUT2D eigenvalue weighted by Gasteiger charge is -2.32. The second kappa shape index (κ2) is 10.8. The quantitative estimate of drug-likeness (QED) is 0.538. The van der Waals surface area contributed by atoms with Gasteiger partial charge in [-0.1, -0.05) is 29.8 Å². The number of ether oxygens (including phenoxy) is 1. The maximum atomic E-state index is 13.0. The molecule has 2 aromatic carbocycles. The number of pyridine rings is 1. The first-order chi connectivity index (χ1) is 16.5. The van der Waals surface area contributed by atoms with E-state index in [2.05, 4.69) is 46.7 Å². The number of hydrogen-bond acceptors (Lipinski definition) is 5. The van der Waals surface area contributed by atoms with Crippen molar-refractivity contribution in [3.05, 3.63) is 75.6 Å². The SMILES string of the molecule is CNC(=O)c1cc(=O)n(CCN2CCC(NCc3ccc(C)cc3)CC2)c2cc(OC)ccc12. The number of hydrogen-bond donors (Lipinski definition) is 2. The highest BCUT2D eigenvalue weighted by molar-refractivity contribution is 6.06. The molecule has 34 heavy (non-hydrogen) atoms. The minimum Gasteiger partial charge on any atom is -0.497 e. The van der Waals surface area contributed by atoms with E-state index >= 15 is 0 Å². The smallest absolute Gasteiger partial charge is 0.251 e. The second-order valence-corrected chi connectivity index (χ2v) is 8.99. The largest absolute Gasteiger partial charge is 0.497 e. The van der Waals surface area contributed by atoms with E-state index in [0.717, 1.165) is 49.9 Å². The van der Waals surface area contributed by atoms with Crippen molar-refractivity contribution in [1.29, 1.82) is 0 Å². The van der Waals surface area contributed by atoms with Crippen molar-refractivity contribution in [2.75, 3.05) is 33.8 Å². The number of piperidine rings is 1. The molecule has 2 N–H and O–H groups in total. The maximum Gasteiger partial charge on any atom is 0.251 e. The van der Waals surface area contributed by atoms with E-state index in [0.29, 0.717) is 23.9 Å². The van der Waals surface area contributed by atoms with Gasteiger partial charge in [-0.25, -0.2) is 0 Å². The fourth-order valence-corrected chi connectivity index (χ4v) is 4.61. The Balaban J connectivity index is 1.40. The summed E-state index contributed by atoms with van der Waals surface area (Å²) >= 11 is 0. The van der Waals surface area contributed by atoms with Gasteiger partial charge in [0, 0.05) is 50.2 Å². The number of benzene rings is 2. The molecule has 0 unspecified atom stereocenters. The standard InChI is InChI=1S/C27H34N4O3/c1-19-4-6-20(7-5-19)18-29-21-10-12-30(13-11-21)14-15-31-25-16-22(34-3)8-9-23(25)24(17-26(31)32)27(33)28-2/h4-9,16-17,21,29H,10-15,18H2,1-3H3,(H,28,33). The van der Waals surface area contributed by atoms with Gasteiger partial charge in [-0.05, 0) is 50.6 Å². The van der Waals surface area contributed by atoms with E-state index in [9.17, 15) is 9.59 Å². The molecule has 0 atom stereocenters. The van der Waals surface area contributed by atoms with Gasteiger partial charge in [0.2, 0.25) is 0 Å². The number of amides is 1. The van der Waals surface area contributed by atoms with Crippen molar-refractivity contribution in [2.45, 2.75) is 38.9 Å². The van der Waals surface area contributed by atoms with E-state index < -0.39 is 0 Å². The van der Waals surface area contributed by atoms with Crippen molar-refractivity contribution in [3.63, 3.8) is 0 Å². The highest BCUT2D eigenvalue weighted by atomic mass is 16.5. The minimum atomic E-state index is -0.264. The number of nitrogens with one attached hydrogen (secondary N) is 2. The maximum absolute atomic E-state index is 13.0. The zero-order chi connectivity index (χ0) is 24.1. The van der Waals surface area contributed by atoms with Crippen LogP contribution < -0.4 is 20.9 Å². The third kappa shape index (κ3) is 5.48. The molecule has 7 nitrogen and oxygen atoms in total. The van der Waals surface area contributed by atoms with Crippen molar-refractivity contribution in [2.24, 2.45) is 0 Å². The number of rotatable bonds is 8. The first kappa shape index (κ1) is 24.0. The molecule has 1 aliphatic heterocycles. The summed E-state index contributed by atoms with van der Waals surface area (Å²) in [6.07, 6.45) is 2.18. The van der Waals surface area contributed by atoms with Crippen LogP contribution in [-0.4, -0.2) is 55.2 Å². The highest BCUT2D eigenvalue weighted by Crippen LogP contribution is 2.23. The lowest BCUT2D eigenvalue weighted by Crippen LogP contribution is -2.43. The van der Waals surface area contributed by atoms with Gasteiger partial charge < -0.3 is 24.8 Å². The molecule has 1 aliphatic rings. The summed E-state index contributed by atoms with van der Waals surface area (Å²) in [6.45, 7) is 6.35. The summed E-state index contributed by atoms with van der Waals surface area (Å²) in [7, 11) is 3.17. The monoisotopic (exact) mass is 462 g/mol. The first-order valence-corrected chi connectivity index (χ1v) is 11.9. The van der Waals surface area contributed by atoms with Gasteiger partial charge in [-0.3, -0.25) is 9.59 Å². The average molecular weight is 463 g/mol. The summed E-state index contributed by atoms with van der Waals surface area (Å²) in [4.78, 5) is 27.7. The molecule has 1 amide bonds. The van der Waals surface area contributed by atoms with E-state index in [-0.39, 0.29) is 11.5 Å². The number of carbonyl (C=O) groups excluding carboxylic acids is 1. The average Bonchev–Trinajstić information content (AvgIpc) is 2.87. The number of fused-ring (bicyclic) bond motifs is 1. The summed E-state index contributed by atoms with van der Waals surface area (Å²) < 4.78 is 7.13. The topological polar surface area (TPSA) is 75.6 Å². The van der Waals surface area contributed by atoms with E-state index in [1.807, 2.05) is 18.2 Å². The fourth-order valence-electron chi connectivity index (χ4n) is 4.61. The molecule has 0 radical (unpaired) electrons. The van der Waals surface area contributed by atoms with Crippen LogP contribution in [0.15, 0.2) is 53.3 Å². The Hall–Kier alpha value is -3.16. The number of methoxy groups -OCH3 is 1. The van der Waals surface area contributed by atoms with Gasteiger partial charge in [-0.2, -0.15) is 0 Å². The van der Waals surface area contributed by atoms with Gasteiger partial charge in [-0.15, -0.1) is 0 Å². The molecule has 0 saturated carbocycles. The van der Waals surface area contributed by atoms with Gasteiger partial charge in [0.25, 0.3) is 11.5 Å². The third-order valence-electron chi connectivity index (χ3n) is 6.73. The van der Waals surface area contributed by atoms with Crippen LogP contribution in [0.3, 0.4) is 0 Å². The molecule has 3 aromatic rings. The summed E-state index contributed by atoms with van der Waals surface area (Å²) in [5, 5.41) is 7.06. The number of aromatic nitrogens is 1. The molecule has 7 heteroatoms. The molecule has 0 bridgehead atoms. The van der Waals surface area contributed by atoms with Crippen molar-refractivity contribution in [3.8, 4) is 5.75 Å². The number of carbonyl (C=O) groups is 1. The molecular weight excluding hydrogens is 428 g/mol. The molecular formula is C27H34N4O3. The third-order valence-corrected chi connectivity index (χ3v) is 6.73. The second-order valence-electron chi connectivity index (χ2n) is 8.99. The van der Waals surface area contributed by atoms with Crippen molar-refractivity contribution < 1.29 is 9.53 Å². The first-order valence-electron chi connectivity index (χ1n) is 11.9. The van der Waals surface area contributed by atoms with Crippen LogP contribution in [0.2, 0.25) is 0 Å². The van der Waals surface area contributed by atoms with Crippen LogP contribution >= 0.6 is 0 Å². The molecule has 1 fully saturated rings. The van der Waals surface area contributed by atoms with Crippen molar-refractivity contribution >= 4 is 16.8 Å². The summed E-state index contributed by atoms with van der Waals surface area (Å²) in [5.41, 5.74) is 3.54. The predicted octanol–water partition coefficient (Wildman–Crippen LogP) is 2.93. The van der Waals surface area contributed by atoms with E-state index in [1.165, 1.54) is 17.2 Å². The normalized spacial score (nSPS) is 14.9. The Morgan fingerprint density at radius 1 is 1.06 bits per heavy atom.